The standard InChI is InChI=1S/C74H130O4/c1-5-9-13-17-21-25-29-33-37-41-45-49-55-63-75-70-62-61-69-71(74(70)78-66-58-52-48-44-40-36-32-28-24-20-16-12-8-4)73(77-65-57-51-47-43-39-35-31-27-23-19-15-11-7-3)68-60-54-53-59-67(68)72(69)76-64-56-50-46-42-38-34-30-26-22-18-14-10-6-2/h53-54,59-62H,5-52,55-58,63-66H2,1-4H3. The Bertz CT molecular complexity index is 1750. The molecule has 0 fully saturated rings. The third-order valence-corrected chi connectivity index (χ3v) is 17.0. The summed E-state index contributed by atoms with van der Waals surface area (Å²) in [4.78, 5) is 0. The summed E-state index contributed by atoms with van der Waals surface area (Å²) in [6.07, 6.45) is 70.0. The molecule has 0 atom stereocenters. The lowest BCUT2D eigenvalue weighted by molar-refractivity contribution is 0.259. The maximum absolute atomic E-state index is 7.07. The Morgan fingerprint density at radius 2 is 0.436 bits per heavy atom. The molecule has 3 rings (SSSR count). The minimum Gasteiger partial charge on any atom is -0.492 e. The van der Waals surface area contributed by atoms with E-state index in [1.54, 1.807) is 0 Å². The van der Waals surface area contributed by atoms with Crippen LogP contribution in [-0.4, -0.2) is 26.4 Å². The van der Waals surface area contributed by atoms with Crippen LogP contribution >= 0.6 is 0 Å². The molecule has 0 bridgehead atoms. The Kier molecular flexibility index (Phi) is 46.8. The molecule has 0 aromatic heterocycles. The first-order valence-electron chi connectivity index (χ1n) is 35.3. The van der Waals surface area contributed by atoms with E-state index >= 15 is 0 Å². The molecule has 0 radical (unpaired) electrons. The lowest BCUT2D eigenvalue weighted by Gasteiger charge is -2.22. The first-order valence-corrected chi connectivity index (χ1v) is 35.3. The quantitative estimate of drug-likeness (QED) is 0.0417. The van der Waals surface area contributed by atoms with Crippen molar-refractivity contribution in [3.63, 3.8) is 0 Å². The first kappa shape index (κ1) is 69.6. The molecule has 450 valence electrons. The van der Waals surface area contributed by atoms with E-state index in [2.05, 4.69) is 64.1 Å². The van der Waals surface area contributed by atoms with E-state index in [0.29, 0.717) is 19.8 Å². The third kappa shape index (κ3) is 34.6. The number of hydrogen-bond donors (Lipinski definition) is 0. The van der Waals surface area contributed by atoms with Crippen LogP contribution < -0.4 is 18.9 Å². The highest BCUT2D eigenvalue weighted by molar-refractivity contribution is 6.13. The minimum absolute atomic E-state index is 0.687. The van der Waals surface area contributed by atoms with Crippen molar-refractivity contribution in [3.05, 3.63) is 36.4 Å². The molecule has 78 heavy (non-hydrogen) atoms. The summed E-state index contributed by atoms with van der Waals surface area (Å²) in [5.41, 5.74) is 0. The summed E-state index contributed by atoms with van der Waals surface area (Å²) in [5, 5.41) is 4.40. The largest absolute Gasteiger partial charge is 0.492 e. The van der Waals surface area contributed by atoms with E-state index in [1.807, 2.05) is 0 Å². The fraction of sp³-hybridized carbons (Fsp3) is 0.811. The lowest BCUT2D eigenvalue weighted by atomic mass is 9.99. The maximum Gasteiger partial charge on any atom is 0.172 e. The van der Waals surface area contributed by atoms with Gasteiger partial charge in [0.15, 0.2) is 11.5 Å². The summed E-state index contributed by atoms with van der Waals surface area (Å²) in [6, 6.07) is 13.3. The van der Waals surface area contributed by atoms with Gasteiger partial charge in [-0.05, 0) is 37.8 Å². The van der Waals surface area contributed by atoms with Crippen molar-refractivity contribution >= 4 is 21.5 Å². The molecule has 0 unspecified atom stereocenters. The summed E-state index contributed by atoms with van der Waals surface area (Å²) in [6.45, 7) is 12.1. The topological polar surface area (TPSA) is 36.9 Å². The van der Waals surface area contributed by atoms with Crippen molar-refractivity contribution in [2.45, 2.75) is 362 Å². The molecule has 4 nitrogen and oxygen atoms in total. The minimum atomic E-state index is 0.687. The molecule has 3 aromatic carbocycles. The van der Waals surface area contributed by atoms with E-state index < -0.39 is 0 Å². The monoisotopic (exact) mass is 1080 g/mol. The SMILES string of the molecule is CCCCCCCCCCCCCCCOc1ccc2c(OCCCCCCCCCCCCCCC)c3ccccc3c(OCCCCCCCCCCCCCCC)c2c1OCCCCCCCCCCCCCCC. The molecule has 0 amide bonds. The van der Waals surface area contributed by atoms with E-state index in [0.717, 1.165) is 76.8 Å². The van der Waals surface area contributed by atoms with Gasteiger partial charge in [-0.3, -0.25) is 0 Å². The van der Waals surface area contributed by atoms with Crippen molar-refractivity contribution in [1.82, 2.24) is 0 Å². The molecule has 0 heterocycles. The number of unbranched alkanes of at least 4 members (excludes halogenated alkanes) is 48. The smallest absolute Gasteiger partial charge is 0.172 e. The summed E-state index contributed by atoms with van der Waals surface area (Å²) < 4.78 is 27.9. The summed E-state index contributed by atoms with van der Waals surface area (Å²) in [7, 11) is 0. The van der Waals surface area contributed by atoms with Crippen LogP contribution in [0.15, 0.2) is 36.4 Å². The molecular weight excluding hydrogens is 953 g/mol. The second-order valence-electron chi connectivity index (χ2n) is 24.4. The molecule has 0 aliphatic carbocycles. The molecular formula is C74H130O4. The molecule has 0 aliphatic heterocycles. The van der Waals surface area contributed by atoms with Crippen molar-refractivity contribution in [2.24, 2.45) is 0 Å². The maximum atomic E-state index is 7.07. The Morgan fingerprint density at radius 1 is 0.205 bits per heavy atom. The van der Waals surface area contributed by atoms with E-state index in [4.69, 9.17) is 18.9 Å². The predicted octanol–water partition coefficient (Wildman–Crippen LogP) is 25.9. The van der Waals surface area contributed by atoms with Gasteiger partial charge in [0.05, 0.1) is 31.8 Å². The van der Waals surface area contributed by atoms with Crippen molar-refractivity contribution in [2.75, 3.05) is 26.4 Å². The normalized spacial score (nSPS) is 11.6. The van der Waals surface area contributed by atoms with Crippen LogP contribution in [0.1, 0.15) is 362 Å². The fourth-order valence-corrected chi connectivity index (χ4v) is 11.9. The van der Waals surface area contributed by atoms with Gasteiger partial charge in [0, 0.05) is 16.2 Å². The highest BCUT2D eigenvalue weighted by atomic mass is 16.5. The lowest BCUT2D eigenvalue weighted by Crippen LogP contribution is -2.06. The Morgan fingerprint density at radius 3 is 0.731 bits per heavy atom. The zero-order chi connectivity index (χ0) is 55.3. The van der Waals surface area contributed by atoms with Crippen LogP contribution in [-0.2, 0) is 0 Å². The van der Waals surface area contributed by atoms with Crippen LogP contribution in [0.4, 0.5) is 0 Å². The van der Waals surface area contributed by atoms with E-state index in [9.17, 15) is 0 Å². The van der Waals surface area contributed by atoms with Crippen molar-refractivity contribution in [3.8, 4) is 23.0 Å². The van der Waals surface area contributed by atoms with Crippen LogP contribution in [0.2, 0.25) is 0 Å². The van der Waals surface area contributed by atoms with Crippen LogP contribution in [0.5, 0.6) is 23.0 Å². The molecule has 0 N–H and O–H groups in total. The summed E-state index contributed by atoms with van der Waals surface area (Å²) >= 11 is 0. The molecule has 0 aliphatic rings. The molecule has 4 heteroatoms. The van der Waals surface area contributed by atoms with Gasteiger partial charge in [0.1, 0.15) is 11.5 Å². The molecule has 0 saturated carbocycles. The average Bonchev–Trinajstić information content (AvgIpc) is 3.64. The second kappa shape index (κ2) is 52.5. The number of fused-ring (bicyclic) bond motifs is 2. The zero-order valence-corrected chi connectivity index (χ0v) is 52.7. The van der Waals surface area contributed by atoms with Crippen LogP contribution in [0.25, 0.3) is 21.5 Å². The molecule has 0 saturated heterocycles. The Labute approximate surface area is 485 Å². The first-order chi connectivity index (χ1) is 38.8. The third-order valence-electron chi connectivity index (χ3n) is 17.0. The van der Waals surface area contributed by atoms with Gasteiger partial charge in [0.25, 0.3) is 0 Å². The number of benzene rings is 3. The van der Waals surface area contributed by atoms with Gasteiger partial charge in [-0.1, -0.05) is 360 Å². The number of rotatable bonds is 60. The van der Waals surface area contributed by atoms with Gasteiger partial charge in [0.2, 0.25) is 0 Å². The van der Waals surface area contributed by atoms with Gasteiger partial charge >= 0.3 is 0 Å². The fourth-order valence-electron chi connectivity index (χ4n) is 11.9. The average molecular weight is 1080 g/mol. The van der Waals surface area contributed by atoms with E-state index in [-0.39, 0.29) is 0 Å². The Balaban J connectivity index is 1.71. The summed E-state index contributed by atoms with van der Waals surface area (Å²) in [5.74, 6) is 3.64. The van der Waals surface area contributed by atoms with Gasteiger partial charge in [-0.2, -0.15) is 0 Å². The van der Waals surface area contributed by atoms with Gasteiger partial charge in [-0.25, -0.2) is 0 Å². The number of ether oxygens (including phenoxy) is 4. The van der Waals surface area contributed by atoms with Crippen LogP contribution in [0.3, 0.4) is 0 Å². The van der Waals surface area contributed by atoms with Crippen LogP contribution in [0, 0.1) is 0 Å². The Hall–Kier alpha value is -2.62. The van der Waals surface area contributed by atoms with Crippen molar-refractivity contribution in [1.29, 1.82) is 0 Å². The van der Waals surface area contributed by atoms with E-state index in [1.165, 1.54) is 308 Å². The highest BCUT2D eigenvalue weighted by Gasteiger charge is 2.23. The molecule has 0 spiro atoms. The highest BCUT2D eigenvalue weighted by Crippen LogP contribution is 2.50. The second-order valence-corrected chi connectivity index (χ2v) is 24.4. The van der Waals surface area contributed by atoms with Gasteiger partial charge in [-0.15, -0.1) is 0 Å². The molecule has 3 aromatic rings. The zero-order valence-electron chi connectivity index (χ0n) is 52.7. The number of hydrogen-bond acceptors (Lipinski definition) is 4. The van der Waals surface area contributed by atoms with Gasteiger partial charge < -0.3 is 18.9 Å². The van der Waals surface area contributed by atoms with Crippen molar-refractivity contribution < 1.29 is 18.9 Å². The predicted molar refractivity (Wildman–Crippen MR) is 346 cm³/mol.